The fourth-order valence-corrected chi connectivity index (χ4v) is 2.22. The van der Waals surface area contributed by atoms with Crippen molar-refractivity contribution in [3.8, 4) is 0 Å². The lowest BCUT2D eigenvalue weighted by atomic mass is 10.2. The first-order valence-electron chi connectivity index (χ1n) is 5.58. The number of nitrogens with zero attached hydrogens (tertiary/aromatic N) is 6. The Hall–Kier alpha value is -1.73. The monoisotopic (exact) mass is 265 g/mol. The van der Waals surface area contributed by atoms with Gasteiger partial charge in [0.2, 0.25) is 5.95 Å². The predicted molar refractivity (Wildman–Crippen MR) is 66.3 cm³/mol. The summed E-state index contributed by atoms with van der Waals surface area (Å²) in [5, 5.41) is 8.31. The van der Waals surface area contributed by atoms with E-state index in [0.29, 0.717) is 24.1 Å². The molecule has 2 aromatic heterocycles. The van der Waals surface area contributed by atoms with Crippen molar-refractivity contribution in [1.29, 1.82) is 0 Å². The van der Waals surface area contributed by atoms with Crippen LogP contribution in [0.1, 0.15) is 6.04 Å². The second kappa shape index (κ2) is 4.51. The fourth-order valence-electron chi connectivity index (χ4n) is 2.12. The molecular weight excluding hydrogens is 254 g/mol. The number of hydrogen-bond donors (Lipinski definition) is 1. The van der Waals surface area contributed by atoms with Crippen LogP contribution in [0.5, 0.6) is 0 Å². The molecule has 8 heteroatoms. The Kier molecular flexibility index (Phi) is 2.85. The summed E-state index contributed by atoms with van der Waals surface area (Å²) in [6.07, 6.45) is 6.63. The van der Waals surface area contributed by atoms with E-state index in [4.69, 9.17) is 17.3 Å². The van der Waals surface area contributed by atoms with Gasteiger partial charge in [-0.3, -0.25) is 0 Å². The molecule has 18 heavy (non-hydrogen) atoms. The van der Waals surface area contributed by atoms with Crippen LogP contribution in [0, 0.1) is 0 Å². The Bertz CT molecular complexity index is 512. The topological polar surface area (TPSA) is 85.8 Å². The molecule has 0 saturated carbocycles. The second-order valence-corrected chi connectivity index (χ2v) is 4.66. The van der Waals surface area contributed by atoms with E-state index in [1.807, 2.05) is 11.1 Å². The van der Waals surface area contributed by atoms with Crippen molar-refractivity contribution in [2.45, 2.75) is 12.1 Å². The van der Waals surface area contributed by atoms with Crippen LogP contribution in [0.2, 0.25) is 5.02 Å². The maximum atomic E-state index is 6.12. The highest BCUT2D eigenvalue weighted by Crippen LogP contribution is 2.23. The fraction of sp³-hybridized carbons (Fsp3) is 0.400. The van der Waals surface area contributed by atoms with Gasteiger partial charge in [-0.1, -0.05) is 16.8 Å². The zero-order valence-electron chi connectivity index (χ0n) is 9.52. The van der Waals surface area contributed by atoms with E-state index in [1.54, 1.807) is 23.3 Å². The summed E-state index contributed by atoms with van der Waals surface area (Å²) in [6, 6.07) is 0.0674. The summed E-state index contributed by atoms with van der Waals surface area (Å²) < 4.78 is 1.78. The van der Waals surface area contributed by atoms with E-state index in [2.05, 4.69) is 20.3 Å². The third kappa shape index (κ3) is 2.02. The maximum Gasteiger partial charge on any atom is 0.225 e. The molecule has 1 aliphatic heterocycles. The molecule has 3 heterocycles. The van der Waals surface area contributed by atoms with Gasteiger partial charge < -0.3 is 10.6 Å². The van der Waals surface area contributed by atoms with Gasteiger partial charge in [0.1, 0.15) is 0 Å². The normalized spacial score (nSPS) is 23.6. The molecule has 0 radical (unpaired) electrons. The van der Waals surface area contributed by atoms with Gasteiger partial charge in [0.25, 0.3) is 0 Å². The van der Waals surface area contributed by atoms with Gasteiger partial charge in [-0.15, -0.1) is 5.10 Å². The molecule has 1 fully saturated rings. The van der Waals surface area contributed by atoms with Crippen molar-refractivity contribution in [1.82, 2.24) is 25.0 Å². The van der Waals surface area contributed by atoms with Gasteiger partial charge in [-0.2, -0.15) is 0 Å². The largest absolute Gasteiger partial charge is 0.337 e. The third-order valence-corrected chi connectivity index (χ3v) is 3.20. The molecule has 0 bridgehead atoms. The molecule has 0 spiro atoms. The average Bonchev–Trinajstić information content (AvgIpc) is 2.99. The van der Waals surface area contributed by atoms with E-state index in [9.17, 15) is 0 Å². The van der Waals surface area contributed by atoms with Crippen LogP contribution in [0.4, 0.5) is 5.95 Å². The average molecular weight is 266 g/mol. The van der Waals surface area contributed by atoms with Gasteiger partial charge >= 0.3 is 0 Å². The lowest BCUT2D eigenvalue weighted by Crippen LogP contribution is -2.31. The Balaban J connectivity index is 1.79. The number of halogens is 1. The standard InChI is InChI=1S/C10H12ClN7/c11-7-3-13-10(14-4-7)17-5-8(12)9(6-17)18-2-1-15-16-18/h1-4,8-9H,5-6,12H2/t8-,9+/m1/s1. The molecule has 1 saturated heterocycles. The predicted octanol–water partition coefficient (Wildman–Crippen LogP) is 0.110. The van der Waals surface area contributed by atoms with Crippen molar-refractivity contribution in [2.24, 2.45) is 5.73 Å². The summed E-state index contributed by atoms with van der Waals surface area (Å²) in [5.41, 5.74) is 6.12. The smallest absolute Gasteiger partial charge is 0.225 e. The molecule has 2 N–H and O–H groups in total. The van der Waals surface area contributed by atoms with Crippen LogP contribution in [-0.2, 0) is 0 Å². The molecule has 0 amide bonds. The molecule has 0 aliphatic carbocycles. The second-order valence-electron chi connectivity index (χ2n) is 4.22. The van der Waals surface area contributed by atoms with Gasteiger partial charge in [-0.25, -0.2) is 14.6 Å². The van der Waals surface area contributed by atoms with Gasteiger partial charge in [0, 0.05) is 25.3 Å². The van der Waals surface area contributed by atoms with E-state index < -0.39 is 0 Å². The summed E-state index contributed by atoms with van der Waals surface area (Å²) in [4.78, 5) is 10.4. The number of aromatic nitrogens is 5. The maximum absolute atomic E-state index is 6.12. The Labute approximate surface area is 109 Å². The number of hydrogen-bond acceptors (Lipinski definition) is 6. The van der Waals surface area contributed by atoms with Crippen LogP contribution in [0.25, 0.3) is 0 Å². The number of anilines is 1. The molecular formula is C10H12ClN7. The van der Waals surface area contributed by atoms with Crippen molar-refractivity contribution in [3.63, 3.8) is 0 Å². The van der Waals surface area contributed by atoms with E-state index in [-0.39, 0.29) is 12.1 Å². The summed E-state index contributed by atoms with van der Waals surface area (Å²) >= 11 is 5.77. The van der Waals surface area contributed by atoms with E-state index in [1.165, 1.54) is 0 Å². The summed E-state index contributed by atoms with van der Waals surface area (Å²) in [6.45, 7) is 1.40. The highest BCUT2D eigenvalue weighted by atomic mass is 35.5. The van der Waals surface area contributed by atoms with Crippen LogP contribution in [0.15, 0.2) is 24.8 Å². The van der Waals surface area contributed by atoms with Crippen LogP contribution >= 0.6 is 11.6 Å². The van der Waals surface area contributed by atoms with E-state index in [0.717, 1.165) is 0 Å². The quantitative estimate of drug-likeness (QED) is 0.830. The lowest BCUT2D eigenvalue weighted by molar-refractivity contribution is 0.436. The van der Waals surface area contributed by atoms with Crippen molar-refractivity contribution in [3.05, 3.63) is 29.8 Å². The molecule has 3 rings (SSSR count). The van der Waals surface area contributed by atoms with Gasteiger partial charge in [-0.05, 0) is 0 Å². The highest BCUT2D eigenvalue weighted by Gasteiger charge is 2.33. The molecule has 7 nitrogen and oxygen atoms in total. The SMILES string of the molecule is N[C@@H]1CN(c2ncc(Cl)cn2)C[C@@H]1n1ccnn1. The minimum atomic E-state index is -0.0222. The van der Waals surface area contributed by atoms with Crippen molar-refractivity contribution < 1.29 is 0 Å². The van der Waals surface area contributed by atoms with Gasteiger partial charge in [0.15, 0.2) is 0 Å². The molecule has 0 aromatic carbocycles. The molecule has 94 valence electrons. The zero-order chi connectivity index (χ0) is 12.5. The Morgan fingerprint density at radius 2 is 2.06 bits per heavy atom. The van der Waals surface area contributed by atoms with Crippen LogP contribution in [-0.4, -0.2) is 44.1 Å². The first-order valence-corrected chi connectivity index (χ1v) is 5.96. The van der Waals surface area contributed by atoms with Crippen LogP contribution < -0.4 is 10.6 Å². The van der Waals surface area contributed by atoms with Gasteiger partial charge in [0.05, 0.1) is 29.7 Å². The minimum Gasteiger partial charge on any atom is -0.337 e. The number of rotatable bonds is 2. The minimum absolute atomic E-state index is 0.0222. The Morgan fingerprint density at radius 3 is 2.72 bits per heavy atom. The first-order chi connectivity index (χ1) is 8.74. The number of nitrogens with two attached hydrogens (primary N) is 1. The van der Waals surface area contributed by atoms with Crippen molar-refractivity contribution >= 4 is 17.5 Å². The molecule has 2 aromatic rings. The van der Waals surface area contributed by atoms with Crippen molar-refractivity contribution in [2.75, 3.05) is 18.0 Å². The first kappa shape index (κ1) is 11.4. The van der Waals surface area contributed by atoms with E-state index >= 15 is 0 Å². The summed E-state index contributed by atoms with van der Waals surface area (Å²) in [7, 11) is 0. The molecule has 2 atom stereocenters. The molecule has 1 aliphatic rings. The van der Waals surface area contributed by atoms with Crippen LogP contribution in [0.3, 0.4) is 0 Å². The Morgan fingerprint density at radius 1 is 1.28 bits per heavy atom. The highest BCUT2D eigenvalue weighted by molar-refractivity contribution is 6.30. The summed E-state index contributed by atoms with van der Waals surface area (Å²) in [5.74, 6) is 0.637. The third-order valence-electron chi connectivity index (χ3n) is 3.00. The zero-order valence-corrected chi connectivity index (χ0v) is 10.3. The molecule has 0 unspecified atom stereocenters. The lowest BCUT2D eigenvalue weighted by Gasteiger charge is -2.15.